The highest BCUT2D eigenvalue weighted by atomic mass is 16.6. The predicted octanol–water partition coefficient (Wildman–Crippen LogP) is 0.440. The second-order valence-electron chi connectivity index (χ2n) is 8.15. The van der Waals surface area contributed by atoms with E-state index >= 15 is 0 Å². The number of ether oxygens (including phenoxy) is 3. The number of carbonyl (C=O) groups excluding carboxylic acids is 4. The van der Waals surface area contributed by atoms with Crippen molar-refractivity contribution < 1.29 is 33.4 Å². The van der Waals surface area contributed by atoms with Crippen LogP contribution in [0.1, 0.15) is 34.1 Å². The SMILES string of the molecule is CCOC(=O)NCCC(=O)N1CCN(CC(=O)C(C)(C)C)C(COC(=O)COC)C1. The Morgan fingerprint density at radius 3 is 2.40 bits per heavy atom. The summed E-state index contributed by atoms with van der Waals surface area (Å²) in [6.07, 6.45) is -0.422. The van der Waals surface area contributed by atoms with E-state index in [-0.39, 0.29) is 57.1 Å². The van der Waals surface area contributed by atoms with Crippen LogP contribution in [0, 0.1) is 5.41 Å². The molecule has 0 aromatic heterocycles. The Bertz CT molecular complexity index is 604. The molecule has 1 N–H and O–H groups in total. The zero-order chi connectivity index (χ0) is 22.7. The second kappa shape index (κ2) is 12.5. The van der Waals surface area contributed by atoms with E-state index in [2.05, 4.69) is 5.32 Å². The molecule has 0 bridgehead atoms. The van der Waals surface area contributed by atoms with Gasteiger partial charge >= 0.3 is 12.1 Å². The highest BCUT2D eigenvalue weighted by Gasteiger charge is 2.33. The number of nitrogens with one attached hydrogen (secondary N) is 1. The quantitative estimate of drug-likeness (QED) is 0.498. The molecule has 1 aliphatic heterocycles. The highest BCUT2D eigenvalue weighted by molar-refractivity contribution is 5.85. The summed E-state index contributed by atoms with van der Waals surface area (Å²) in [5.74, 6) is -0.544. The van der Waals surface area contributed by atoms with E-state index in [9.17, 15) is 19.2 Å². The minimum atomic E-state index is -0.557. The normalized spacial score (nSPS) is 17.4. The number of Topliss-reactive ketones (excluding diaryl/α,β-unsaturated/α-hetero) is 1. The van der Waals surface area contributed by atoms with Gasteiger partial charge in [0.15, 0.2) is 5.78 Å². The molecule has 30 heavy (non-hydrogen) atoms. The van der Waals surface area contributed by atoms with E-state index in [1.807, 2.05) is 25.7 Å². The Labute approximate surface area is 178 Å². The molecule has 1 aliphatic rings. The third-order valence-corrected chi connectivity index (χ3v) is 4.72. The molecule has 10 heteroatoms. The van der Waals surface area contributed by atoms with Gasteiger partial charge in [0.05, 0.1) is 19.2 Å². The zero-order valence-corrected chi connectivity index (χ0v) is 18.7. The van der Waals surface area contributed by atoms with Crippen LogP contribution in [0.25, 0.3) is 0 Å². The molecule has 0 aromatic rings. The number of piperazine rings is 1. The van der Waals surface area contributed by atoms with Crippen LogP contribution < -0.4 is 5.32 Å². The molecule has 172 valence electrons. The molecule has 0 radical (unpaired) electrons. The molecule has 1 heterocycles. The maximum atomic E-state index is 12.5. The first-order valence-corrected chi connectivity index (χ1v) is 10.2. The largest absolute Gasteiger partial charge is 0.462 e. The Kier molecular flexibility index (Phi) is 10.8. The van der Waals surface area contributed by atoms with E-state index in [0.29, 0.717) is 19.6 Å². The first kappa shape index (κ1) is 25.8. The molecule has 1 rings (SSSR count). The lowest BCUT2D eigenvalue weighted by Gasteiger charge is -2.41. The fraction of sp³-hybridized carbons (Fsp3) is 0.800. The molecule has 10 nitrogen and oxygen atoms in total. The number of amides is 2. The third kappa shape index (κ3) is 9.08. The lowest BCUT2D eigenvalue weighted by Crippen LogP contribution is -2.58. The number of esters is 1. The van der Waals surface area contributed by atoms with Gasteiger partial charge in [0.25, 0.3) is 0 Å². The van der Waals surface area contributed by atoms with Crippen molar-refractivity contribution in [2.24, 2.45) is 5.41 Å². The first-order chi connectivity index (χ1) is 14.1. The molecule has 0 aromatic carbocycles. The van der Waals surface area contributed by atoms with Gasteiger partial charge in [-0.1, -0.05) is 20.8 Å². The van der Waals surface area contributed by atoms with E-state index in [4.69, 9.17) is 14.2 Å². The van der Waals surface area contributed by atoms with Crippen LogP contribution in [0.3, 0.4) is 0 Å². The van der Waals surface area contributed by atoms with Crippen molar-refractivity contribution in [2.75, 3.05) is 59.7 Å². The minimum Gasteiger partial charge on any atom is -0.462 e. The fourth-order valence-corrected chi connectivity index (χ4v) is 2.87. The Balaban J connectivity index is 2.68. The number of methoxy groups -OCH3 is 1. The topological polar surface area (TPSA) is 114 Å². The van der Waals surface area contributed by atoms with Gasteiger partial charge in [0.2, 0.25) is 5.91 Å². The van der Waals surface area contributed by atoms with Crippen LogP contribution in [0.15, 0.2) is 0 Å². The summed E-state index contributed by atoms with van der Waals surface area (Å²) in [7, 11) is 1.40. The summed E-state index contributed by atoms with van der Waals surface area (Å²) in [4.78, 5) is 51.7. The van der Waals surface area contributed by atoms with Gasteiger partial charge < -0.3 is 24.4 Å². The number of carbonyl (C=O) groups is 4. The molecule has 0 spiro atoms. The van der Waals surface area contributed by atoms with Gasteiger partial charge in [-0.15, -0.1) is 0 Å². The molecule has 1 unspecified atom stereocenters. The van der Waals surface area contributed by atoms with Crippen molar-refractivity contribution in [1.82, 2.24) is 15.1 Å². The lowest BCUT2D eigenvalue weighted by molar-refractivity contribution is -0.151. The molecule has 0 saturated carbocycles. The molecule has 1 fully saturated rings. The molecule has 1 saturated heterocycles. The van der Waals surface area contributed by atoms with Gasteiger partial charge in [-0.25, -0.2) is 9.59 Å². The van der Waals surface area contributed by atoms with Crippen LogP contribution in [0.5, 0.6) is 0 Å². The van der Waals surface area contributed by atoms with Crippen molar-refractivity contribution >= 4 is 23.8 Å². The standard InChI is InChI=1S/C20H35N3O7/c1-6-29-19(27)21-8-7-17(25)23-10-9-22(12-16(24)20(2,3)4)15(11-23)13-30-18(26)14-28-5/h15H,6-14H2,1-5H3,(H,21,27). The zero-order valence-electron chi connectivity index (χ0n) is 18.7. The summed E-state index contributed by atoms with van der Waals surface area (Å²) >= 11 is 0. The van der Waals surface area contributed by atoms with Crippen molar-refractivity contribution in [3.63, 3.8) is 0 Å². The van der Waals surface area contributed by atoms with E-state index in [1.54, 1.807) is 11.8 Å². The van der Waals surface area contributed by atoms with E-state index < -0.39 is 17.5 Å². The van der Waals surface area contributed by atoms with Crippen LogP contribution in [-0.2, 0) is 28.6 Å². The Morgan fingerprint density at radius 1 is 1.10 bits per heavy atom. The van der Waals surface area contributed by atoms with Crippen molar-refractivity contribution in [3.05, 3.63) is 0 Å². The van der Waals surface area contributed by atoms with Crippen molar-refractivity contribution in [2.45, 2.75) is 40.2 Å². The van der Waals surface area contributed by atoms with E-state index in [1.165, 1.54) is 7.11 Å². The average Bonchev–Trinajstić information content (AvgIpc) is 2.66. The number of hydrogen-bond acceptors (Lipinski definition) is 8. The summed E-state index contributed by atoms with van der Waals surface area (Å²) in [6, 6.07) is -0.298. The van der Waals surface area contributed by atoms with Crippen LogP contribution in [-0.4, -0.2) is 99.2 Å². The first-order valence-electron chi connectivity index (χ1n) is 10.2. The van der Waals surface area contributed by atoms with Gasteiger partial charge in [0.1, 0.15) is 13.2 Å². The molecule has 0 aliphatic carbocycles. The summed E-state index contributed by atoms with van der Waals surface area (Å²) in [5, 5.41) is 2.52. The van der Waals surface area contributed by atoms with Crippen molar-refractivity contribution in [3.8, 4) is 0 Å². The molecule has 1 atom stereocenters. The Hall–Kier alpha value is -2.20. The number of nitrogens with zero attached hydrogens (tertiary/aromatic N) is 2. The van der Waals surface area contributed by atoms with Gasteiger partial charge in [-0.05, 0) is 6.92 Å². The summed E-state index contributed by atoms with van der Waals surface area (Å²) < 4.78 is 14.8. The Morgan fingerprint density at radius 2 is 1.80 bits per heavy atom. The molecular formula is C20H35N3O7. The highest BCUT2D eigenvalue weighted by Crippen LogP contribution is 2.18. The smallest absolute Gasteiger partial charge is 0.407 e. The van der Waals surface area contributed by atoms with Crippen LogP contribution in [0.4, 0.5) is 4.79 Å². The average molecular weight is 430 g/mol. The van der Waals surface area contributed by atoms with Crippen LogP contribution >= 0.6 is 0 Å². The fourth-order valence-electron chi connectivity index (χ4n) is 2.87. The predicted molar refractivity (Wildman–Crippen MR) is 109 cm³/mol. The number of ketones is 1. The number of hydrogen-bond donors (Lipinski definition) is 1. The lowest BCUT2D eigenvalue weighted by atomic mass is 9.90. The van der Waals surface area contributed by atoms with E-state index in [0.717, 1.165) is 0 Å². The third-order valence-electron chi connectivity index (χ3n) is 4.72. The summed E-state index contributed by atoms with van der Waals surface area (Å²) in [5.41, 5.74) is -0.483. The molecular weight excluding hydrogens is 394 g/mol. The van der Waals surface area contributed by atoms with Gasteiger partial charge in [0, 0.05) is 45.1 Å². The number of rotatable bonds is 10. The maximum Gasteiger partial charge on any atom is 0.407 e. The van der Waals surface area contributed by atoms with Crippen molar-refractivity contribution in [1.29, 1.82) is 0 Å². The second-order valence-corrected chi connectivity index (χ2v) is 8.15. The maximum absolute atomic E-state index is 12.5. The number of alkyl carbamates (subject to hydrolysis) is 1. The monoisotopic (exact) mass is 429 g/mol. The molecule has 2 amide bonds. The minimum absolute atomic E-state index is 0.0600. The van der Waals surface area contributed by atoms with Gasteiger partial charge in [-0.3, -0.25) is 14.5 Å². The van der Waals surface area contributed by atoms with Crippen LogP contribution in [0.2, 0.25) is 0 Å². The summed E-state index contributed by atoms with van der Waals surface area (Å²) in [6.45, 7) is 9.13. The van der Waals surface area contributed by atoms with Gasteiger partial charge in [-0.2, -0.15) is 0 Å².